The second-order valence-corrected chi connectivity index (χ2v) is 13.1. The summed E-state index contributed by atoms with van der Waals surface area (Å²) >= 11 is 1.44. The van der Waals surface area contributed by atoms with E-state index in [1.807, 2.05) is 72.8 Å². The number of anilines is 1. The zero-order valence-corrected chi connectivity index (χ0v) is 29.1. The summed E-state index contributed by atoms with van der Waals surface area (Å²) in [5.41, 5.74) is 1.49. The monoisotopic (exact) mass is 681 g/mol. The van der Waals surface area contributed by atoms with Crippen molar-refractivity contribution < 1.29 is 28.7 Å². The van der Waals surface area contributed by atoms with E-state index in [1.165, 1.54) is 28.7 Å². The van der Waals surface area contributed by atoms with Crippen molar-refractivity contribution >= 4 is 53.6 Å². The van der Waals surface area contributed by atoms with Crippen molar-refractivity contribution in [1.82, 2.24) is 10.3 Å². The molecule has 0 saturated heterocycles. The van der Waals surface area contributed by atoms with Crippen LogP contribution < -0.4 is 10.3 Å². The summed E-state index contributed by atoms with van der Waals surface area (Å²) in [5, 5.41) is 5.79. The first-order valence-electron chi connectivity index (χ1n) is 15.6. The van der Waals surface area contributed by atoms with Gasteiger partial charge in [0.2, 0.25) is 5.91 Å². The Labute approximate surface area is 287 Å². The Kier molecular flexibility index (Phi) is 13.9. The molecule has 0 spiro atoms. The van der Waals surface area contributed by atoms with E-state index in [0.717, 1.165) is 16.0 Å². The Morgan fingerprint density at radius 3 is 2.13 bits per heavy atom. The third-order valence-electron chi connectivity index (χ3n) is 7.33. The van der Waals surface area contributed by atoms with Gasteiger partial charge in [0.25, 0.3) is 5.91 Å². The van der Waals surface area contributed by atoms with Crippen molar-refractivity contribution in [2.24, 2.45) is 0 Å². The molecule has 1 unspecified atom stereocenters. The topological polar surface area (TPSA) is 105 Å². The van der Waals surface area contributed by atoms with E-state index in [2.05, 4.69) is 5.32 Å². The van der Waals surface area contributed by atoms with Gasteiger partial charge in [0.05, 0.1) is 18.3 Å². The fourth-order valence-corrected chi connectivity index (χ4v) is 6.36. The number of hydrazine groups is 1. The number of rotatable bonds is 12. The van der Waals surface area contributed by atoms with Crippen LogP contribution in [-0.2, 0) is 41.5 Å². The van der Waals surface area contributed by atoms with E-state index in [0.29, 0.717) is 18.5 Å². The SMILES string of the molecule is CCOC(=O)[C@H](CCc1ccccc1)NC1CSc2ccccc2N(N(C(C)=O)[C@@H](Cc2ccccc2)C(=O)OC(C)(C)C)C1=O.Cl. The maximum absolute atomic E-state index is 14.7. The van der Waals surface area contributed by atoms with Gasteiger partial charge in [-0.3, -0.25) is 19.7 Å². The number of hydrogen-bond donors (Lipinski definition) is 1. The molecule has 3 aromatic rings. The molecule has 1 aliphatic rings. The van der Waals surface area contributed by atoms with Crippen LogP contribution in [0.15, 0.2) is 89.8 Å². The molecule has 0 aliphatic carbocycles. The molecule has 1 aliphatic heterocycles. The van der Waals surface area contributed by atoms with Crippen LogP contribution in [0.5, 0.6) is 0 Å². The highest BCUT2D eigenvalue weighted by Crippen LogP contribution is 2.36. The minimum atomic E-state index is -1.15. The van der Waals surface area contributed by atoms with E-state index in [4.69, 9.17) is 9.47 Å². The second-order valence-electron chi connectivity index (χ2n) is 12.1. The van der Waals surface area contributed by atoms with Gasteiger partial charge in [-0.25, -0.2) is 14.8 Å². The summed E-state index contributed by atoms with van der Waals surface area (Å²) in [4.78, 5) is 56.1. The number of hydrogen-bond acceptors (Lipinski definition) is 8. The van der Waals surface area contributed by atoms with Crippen molar-refractivity contribution in [1.29, 1.82) is 0 Å². The number of esters is 2. The predicted octanol–water partition coefficient (Wildman–Crippen LogP) is 5.79. The standard InChI is InChI=1S/C36H43N3O6S.ClH/c1-6-44-34(42)28(22-21-26-15-9-7-10-16-26)37-29-24-46-32-20-14-13-19-30(32)39(33(29)41)38(25(2)40)31(35(43)45-36(3,4)5)23-27-17-11-8-12-18-27;/h7-20,28-29,31,37H,6,21-24H2,1-5H3;1H/t28-,29?,31-;/m0./s1. The lowest BCUT2D eigenvalue weighted by atomic mass is 10.0. The quantitative estimate of drug-likeness (QED) is 0.240. The molecule has 9 nitrogen and oxygen atoms in total. The number of aryl methyl sites for hydroxylation is 1. The molecule has 11 heteroatoms. The molecule has 252 valence electrons. The first-order chi connectivity index (χ1) is 22.0. The highest BCUT2D eigenvalue weighted by molar-refractivity contribution is 7.99. The van der Waals surface area contributed by atoms with E-state index in [1.54, 1.807) is 39.8 Å². The molecular formula is C36H44ClN3O6S. The van der Waals surface area contributed by atoms with Crippen LogP contribution in [0.1, 0.15) is 52.2 Å². The zero-order chi connectivity index (χ0) is 33.3. The maximum atomic E-state index is 14.7. The minimum absolute atomic E-state index is 0. The highest BCUT2D eigenvalue weighted by atomic mass is 35.5. The number of carbonyl (C=O) groups is 4. The lowest BCUT2D eigenvalue weighted by Gasteiger charge is -2.40. The Morgan fingerprint density at radius 1 is 0.936 bits per heavy atom. The Balaban J connectivity index is 0.00000600. The maximum Gasteiger partial charge on any atom is 0.331 e. The van der Waals surface area contributed by atoms with Gasteiger partial charge in [-0.05, 0) is 63.8 Å². The number of halogens is 1. The van der Waals surface area contributed by atoms with Gasteiger partial charge in [-0.2, -0.15) is 0 Å². The number of carbonyl (C=O) groups excluding carboxylic acids is 4. The lowest BCUT2D eigenvalue weighted by molar-refractivity contribution is -0.165. The van der Waals surface area contributed by atoms with Gasteiger partial charge in [0.1, 0.15) is 11.6 Å². The number of thioether (sulfide) groups is 1. The Hall–Kier alpha value is -3.86. The third kappa shape index (κ3) is 10.3. The number of fused-ring (bicyclic) bond motifs is 1. The summed E-state index contributed by atoms with van der Waals surface area (Å²) in [6, 6.07) is 23.5. The third-order valence-corrected chi connectivity index (χ3v) is 8.48. The molecule has 4 rings (SSSR count). The van der Waals surface area contributed by atoms with Crippen LogP contribution >= 0.6 is 24.2 Å². The number of nitrogens with zero attached hydrogens (tertiary/aromatic N) is 2. The molecule has 1 heterocycles. The van der Waals surface area contributed by atoms with Crippen molar-refractivity contribution in [3.8, 4) is 0 Å². The second kappa shape index (κ2) is 17.3. The average Bonchev–Trinajstić information content (AvgIpc) is 3.15. The van der Waals surface area contributed by atoms with Crippen LogP contribution in [0.2, 0.25) is 0 Å². The average molecular weight is 682 g/mol. The van der Waals surface area contributed by atoms with Gasteiger partial charge in [0.15, 0.2) is 6.04 Å². The van der Waals surface area contributed by atoms with Crippen molar-refractivity contribution in [2.45, 2.75) is 82.5 Å². The van der Waals surface area contributed by atoms with Crippen molar-refractivity contribution in [2.75, 3.05) is 17.4 Å². The van der Waals surface area contributed by atoms with Gasteiger partial charge in [-0.15, -0.1) is 24.2 Å². The molecule has 0 radical (unpaired) electrons. The molecule has 0 aromatic heterocycles. The van der Waals surface area contributed by atoms with Gasteiger partial charge < -0.3 is 9.47 Å². The molecule has 47 heavy (non-hydrogen) atoms. The molecule has 3 atom stereocenters. The summed E-state index contributed by atoms with van der Waals surface area (Å²) in [6.45, 7) is 8.55. The fraction of sp³-hybridized carbons (Fsp3) is 0.389. The first-order valence-corrected chi connectivity index (χ1v) is 16.6. The molecule has 1 N–H and O–H groups in total. The van der Waals surface area contributed by atoms with Crippen molar-refractivity contribution in [3.63, 3.8) is 0 Å². The minimum Gasteiger partial charge on any atom is -0.465 e. The van der Waals surface area contributed by atoms with E-state index in [9.17, 15) is 19.2 Å². The van der Waals surface area contributed by atoms with Gasteiger partial charge in [0, 0.05) is 24.0 Å². The fourth-order valence-electron chi connectivity index (χ4n) is 5.29. The van der Waals surface area contributed by atoms with Crippen LogP contribution in [0.4, 0.5) is 5.69 Å². The molecule has 0 fully saturated rings. The summed E-state index contributed by atoms with van der Waals surface area (Å²) in [7, 11) is 0. The molecule has 0 bridgehead atoms. The molecule has 0 saturated carbocycles. The molecule has 3 aromatic carbocycles. The van der Waals surface area contributed by atoms with Crippen LogP contribution in [-0.4, -0.2) is 64.8 Å². The number of ether oxygens (including phenoxy) is 2. The number of amides is 2. The van der Waals surface area contributed by atoms with Crippen LogP contribution in [0.3, 0.4) is 0 Å². The first kappa shape index (κ1) is 37.6. The zero-order valence-electron chi connectivity index (χ0n) is 27.5. The van der Waals surface area contributed by atoms with E-state index >= 15 is 0 Å². The largest absolute Gasteiger partial charge is 0.465 e. The van der Waals surface area contributed by atoms with Crippen LogP contribution in [0, 0.1) is 0 Å². The Bertz CT molecular complexity index is 1500. The van der Waals surface area contributed by atoms with Gasteiger partial charge in [-0.1, -0.05) is 72.8 Å². The lowest BCUT2D eigenvalue weighted by Crippen LogP contribution is -2.63. The summed E-state index contributed by atoms with van der Waals surface area (Å²) < 4.78 is 11.2. The normalized spacial score (nSPS) is 15.7. The predicted molar refractivity (Wildman–Crippen MR) is 186 cm³/mol. The molecule has 2 amide bonds. The highest BCUT2D eigenvalue weighted by Gasteiger charge is 2.43. The summed E-state index contributed by atoms with van der Waals surface area (Å²) in [6.07, 6.45) is 1.11. The molecular weight excluding hydrogens is 638 g/mol. The smallest absolute Gasteiger partial charge is 0.331 e. The van der Waals surface area contributed by atoms with E-state index < -0.39 is 47.5 Å². The van der Waals surface area contributed by atoms with E-state index in [-0.39, 0.29) is 31.2 Å². The number of para-hydroxylation sites is 1. The van der Waals surface area contributed by atoms with Gasteiger partial charge >= 0.3 is 11.9 Å². The summed E-state index contributed by atoms with van der Waals surface area (Å²) in [5.74, 6) is -1.78. The van der Waals surface area contributed by atoms with Crippen molar-refractivity contribution in [3.05, 3.63) is 96.1 Å². The Morgan fingerprint density at radius 2 is 1.53 bits per heavy atom. The number of benzene rings is 3. The number of nitrogens with one attached hydrogen (secondary N) is 1. The van der Waals surface area contributed by atoms with Crippen LogP contribution in [0.25, 0.3) is 0 Å².